The zero-order valence-corrected chi connectivity index (χ0v) is 11.6. The van der Waals surface area contributed by atoms with Crippen molar-refractivity contribution in [2.75, 3.05) is 5.32 Å². The average molecular weight is 320 g/mol. The number of alkyl halides is 3. The van der Waals surface area contributed by atoms with Crippen LogP contribution in [0.2, 0.25) is 5.02 Å². The van der Waals surface area contributed by atoms with Crippen molar-refractivity contribution in [3.63, 3.8) is 0 Å². The number of halogens is 4. The van der Waals surface area contributed by atoms with Gasteiger partial charge in [0.05, 0.1) is 6.04 Å². The van der Waals surface area contributed by atoms with Crippen molar-refractivity contribution in [2.24, 2.45) is 0 Å². The minimum absolute atomic E-state index is 0.0715. The van der Waals surface area contributed by atoms with Crippen LogP contribution < -0.4 is 5.32 Å². The van der Waals surface area contributed by atoms with Gasteiger partial charge in [0, 0.05) is 5.02 Å². The standard InChI is InChI=1S/C12H9ClF3N3S/c13-7-3-1-6-2-4-9(8(6)5-7)17-11-19-18-10(20-11)12(14,15)16/h1,3,5,9H,2,4H2,(H,17,19). The molecule has 0 radical (unpaired) electrons. The van der Waals surface area contributed by atoms with Gasteiger partial charge in [-0.05, 0) is 36.1 Å². The number of hydrogen-bond acceptors (Lipinski definition) is 4. The maximum atomic E-state index is 12.5. The van der Waals surface area contributed by atoms with Crippen molar-refractivity contribution in [3.05, 3.63) is 39.4 Å². The van der Waals surface area contributed by atoms with E-state index in [-0.39, 0.29) is 11.2 Å². The van der Waals surface area contributed by atoms with Crippen molar-refractivity contribution in [1.29, 1.82) is 0 Å². The maximum Gasteiger partial charge on any atom is 0.445 e. The molecule has 1 atom stereocenters. The SMILES string of the molecule is FC(F)(F)c1nnc(NC2CCc3ccc(Cl)cc32)s1. The van der Waals surface area contributed by atoms with Crippen molar-refractivity contribution in [2.45, 2.75) is 25.1 Å². The molecule has 1 aromatic carbocycles. The van der Waals surface area contributed by atoms with Crippen LogP contribution in [-0.2, 0) is 12.6 Å². The lowest BCUT2D eigenvalue weighted by molar-refractivity contribution is -0.138. The summed E-state index contributed by atoms with van der Waals surface area (Å²) in [6.45, 7) is 0. The lowest BCUT2D eigenvalue weighted by atomic mass is 10.1. The molecule has 1 unspecified atom stereocenters. The zero-order chi connectivity index (χ0) is 14.3. The molecule has 0 amide bonds. The number of aryl methyl sites for hydroxylation is 1. The van der Waals surface area contributed by atoms with Crippen LogP contribution in [-0.4, -0.2) is 10.2 Å². The van der Waals surface area contributed by atoms with Gasteiger partial charge in [0.25, 0.3) is 0 Å². The Morgan fingerprint density at radius 2 is 2.10 bits per heavy atom. The summed E-state index contributed by atoms with van der Waals surface area (Å²) >= 11 is 6.47. The van der Waals surface area contributed by atoms with Crippen LogP contribution >= 0.6 is 22.9 Å². The third-order valence-corrected chi connectivity index (χ3v) is 4.29. The number of aromatic nitrogens is 2. The Bertz CT molecular complexity index is 641. The number of nitrogens with zero attached hydrogens (tertiary/aromatic N) is 2. The number of anilines is 1. The largest absolute Gasteiger partial charge is 0.445 e. The van der Waals surface area contributed by atoms with E-state index in [0.29, 0.717) is 16.4 Å². The third kappa shape index (κ3) is 2.60. The number of nitrogens with one attached hydrogen (secondary N) is 1. The normalized spacial score (nSPS) is 18.1. The summed E-state index contributed by atoms with van der Waals surface area (Å²) < 4.78 is 37.4. The van der Waals surface area contributed by atoms with Crippen molar-refractivity contribution >= 4 is 28.1 Å². The van der Waals surface area contributed by atoms with Crippen LogP contribution in [0.3, 0.4) is 0 Å². The Kier molecular flexibility index (Phi) is 3.33. The second-order valence-corrected chi connectivity index (χ2v) is 5.90. The highest BCUT2D eigenvalue weighted by Crippen LogP contribution is 2.38. The molecule has 3 rings (SSSR count). The predicted octanol–water partition coefficient (Wildman–Crippen LogP) is 4.31. The first-order valence-corrected chi connectivity index (χ1v) is 7.08. The van der Waals surface area contributed by atoms with E-state index in [9.17, 15) is 13.2 Å². The maximum absolute atomic E-state index is 12.5. The summed E-state index contributed by atoms with van der Waals surface area (Å²) in [7, 11) is 0. The Balaban J connectivity index is 1.80. The Morgan fingerprint density at radius 1 is 1.30 bits per heavy atom. The second kappa shape index (κ2) is 4.89. The molecule has 8 heteroatoms. The van der Waals surface area contributed by atoms with Crippen molar-refractivity contribution in [3.8, 4) is 0 Å². The van der Waals surface area contributed by atoms with E-state index in [1.165, 1.54) is 0 Å². The van der Waals surface area contributed by atoms with Crippen LogP contribution in [0.25, 0.3) is 0 Å². The average Bonchev–Trinajstić information content (AvgIpc) is 2.97. The number of fused-ring (bicyclic) bond motifs is 1. The van der Waals surface area contributed by atoms with Gasteiger partial charge in [-0.3, -0.25) is 0 Å². The third-order valence-electron chi connectivity index (χ3n) is 3.15. The van der Waals surface area contributed by atoms with Crippen LogP contribution in [0, 0.1) is 0 Å². The number of hydrogen-bond donors (Lipinski definition) is 1. The number of rotatable bonds is 2. The molecule has 1 heterocycles. The molecule has 20 heavy (non-hydrogen) atoms. The second-order valence-electron chi connectivity index (χ2n) is 4.49. The van der Waals surface area contributed by atoms with Gasteiger partial charge in [-0.15, -0.1) is 10.2 Å². The lowest BCUT2D eigenvalue weighted by Gasteiger charge is -2.12. The summed E-state index contributed by atoms with van der Waals surface area (Å²) in [5.41, 5.74) is 2.17. The van der Waals surface area contributed by atoms with E-state index in [1.54, 1.807) is 0 Å². The molecule has 0 spiro atoms. The van der Waals surface area contributed by atoms with Crippen molar-refractivity contribution in [1.82, 2.24) is 10.2 Å². The van der Waals surface area contributed by atoms with Crippen LogP contribution in [0.5, 0.6) is 0 Å². The summed E-state index contributed by atoms with van der Waals surface area (Å²) in [5.74, 6) is 0. The summed E-state index contributed by atoms with van der Waals surface area (Å²) in [4.78, 5) is 0. The highest BCUT2D eigenvalue weighted by Gasteiger charge is 2.36. The van der Waals surface area contributed by atoms with Crippen molar-refractivity contribution < 1.29 is 13.2 Å². The fraction of sp³-hybridized carbons (Fsp3) is 0.333. The smallest absolute Gasteiger partial charge is 0.353 e. The summed E-state index contributed by atoms with van der Waals surface area (Å²) in [6, 6.07) is 5.53. The molecular formula is C12H9ClF3N3S. The van der Waals surface area contributed by atoms with E-state index < -0.39 is 11.2 Å². The molecule has 1 aromatic heterocycles. The molecule has 0 saturated carbocycles. The molecule has 0 bridgehead atoms. The molecule has 3 nitrogen and oxygen atoms in total. The van der Waals surface area contributed by atoms with Gasteiger partial charge < -0.3 is 5.32 Å². The first-order valence-electron chi connectivity index (χ1n) is 5.89. The van der Waals surface area contributed by atoms with E-state index in [1.807, 2.05) is 18.2 Å². The summed E-state index contributed by atoms with van der Waals surface area (Å²) in [5, 5.41) is 9.56. The van der Waals surface area contributed by atoms with Gasteiger partial charge in [0.1, 0.15) is 0 Å². The van der Waals surface area contributed by atoms with E-state index in [2.05, 4.69) is 15.5 Å². The van der Waals surface area contributed by atoms with Gasteiger partial charge >= 0.3 is 6.18 Å². The molecule has 0 aliphatic heterocycles. The first kappa shape index (κ1) is 13.6. The minimum atomic E-state index is -4.45. The Labute approximate surface area is 121 Å². The molecule has 106 valence electrons. The van der Waals surface area contributed by atoms with E-state index >= 15 is 0 Å². The quantitative estimate of drug-likeness (QED) is 0.896. The summed E-state index contributed by atoms with van der Waals surface area (Å²) in [6.07, 6.45) is -2.78. The van der Waals surface area contributed by atoms with Gasteiger partial charge in [0.15, 0.2) is 0 Å². The van der Waals surface area contributed by atoms with Crippen LogP contribution in [0.4, 0.5) is 18.3 Å². The van der Waals surface area contributed by atoms with Gasteiger partial charge in [-0.1, -0.05) is 29.0 Å². The molecule has 2 aromatic rings. The monoisotopic (exact) mass is 319 g/mol. The lowest BCUT2D eigenvalue weighted by Crippen LogP contribution is -2.06. The van der Waals surface area contributed by atoms with E-state index in [4.69, 9.17) is 11.6 Å². The highest BCUT2D eigenvalue weighted by atomic mass is 35.5. The van der Waals surface area contributed by atoms with Gasteiger partial charge in [-0.2, -0.15) is 13.2 Å². The van der Waals surface area contributed by atoms with Crippen LogP contribution in [0.1, 0.15) is 28.6 Å². The topological polar surface area (TPSA) is 37.8 Å². The molecule has 1 aliphatic carbocycles. The van der Waals surface area contributed by atoms with E-state index in [0.717, 1.165) is 24.0 Å². The molecule has 1 N–H and O–H groups in total. The fourth-order valence-corrected chi connectivity index (χ4v) is 3.11. The first-order chi connectivity index (χ1) is 9.43. The Morgan fingerprint density at radius 3 is 2.80 bits per heavy atom. The minimum Gasteiger partial charge on any atom is -0.353 e. The zero-order valence-electron chi connectivity index (χ0n) is 10.0. The Hall–Kier alpha value is -1.34. The number of benzene rings is 1. The highest BCUT2D eigenvalue weighted by molar-refractivity contribution is 7.15. The molecular weight excluding hydrogens is 311 g/mol. The molecule has 0 saturated heterocycles. The van der Waals surface area contributed by atoms with Crippen LogP contribution in [0.15, 0.2) is 18.2 Å². The predicted molar refractivity (Wildman–Crippen MR) is 71.0 cm³/mol. The van der Waals surface area contributed by atoms with Gasteiger partial charge in [-0.25, -0.2) is 0 Å². The fourth-order valence-electron chi connectivity index (χ4n) is 2.27. The van der Waals surface area contributed by atoms with Gasteiger partial charge in [0.2, 0.25) is 10.1 Å². The molecule has 1 aliphatic rings. The molecule has 0 fully saturated rings.